The number of carbonyl (C=O) groups is 2. The first-order valence-electron chi connectivity index (χ1n) is 10.3. The molecule has 2 amide bonds. The molecule has 0 saturated heterocycles. The van der Waals surface area contributed by atoms with E-state index in [0.29, 0.717) is 49.1 Å². The molecule has 2 rings (SSSR count). The zero-order valence-electron chi connectivity index (χ0n) is 18.0. The van der Waals surface area contributed by atoms with Gasteiger partial charge in [-0.25, -0.2) is 0 Å². The molecule has 0 aromatic heterocycles. The van der Waals surface area contributed by atoms with Crippen LogP contribution in [-0.2, 0) is 4.79 Å². The Morgan fingerprint density at radius 2 is 2.22 bits per heavy atom. The summed E-state index contributed by atoms with van der Waals surface area (Å²) in [5, 5.41) is 28.8. The number of benzene rings is 1. The van der Waals surface area contributed by atoms with E-state index in [2.05, 4.69) is 15.8 Å². The van der Waals surface area contributed by atoms with Crippen molar-refractivity contribution in [3.8, 4) is 0 Å². The minimum atomic E-state index is -0.900. The highest BCUT2D eigenvalue weighted by Crippen LogP contribution is 2.19. The third-order valence-corrected chi connectivity index (χ3v) is 4.94. The maximum atomic E-state index is 12.9. The van der Waals surface area contributed by atoms with Crippen LogP contribution in [0, 0.1) is 10.8 Å². The Balaban J connectivity index is 2.15. The van der Waals surface area contributed by atoms with Gasteiger partial charge in [-0.05, 0) is 43.9 Å². The molecule has 172 valence electrons. The Hall–Kier alpha value is -3.41. The van der Waals surface area contributed by atoms with Crippen LogP contribution in [0.15, 0.2) is 40.9 Å². The topological polar surface area (TPSA) is 171 Å². The van der Waals surface area contributed by atoms with E-state index >= 15 is 0 Å². The Morgan fingerprint density at radius 1 is 1.44 bits per heavy atom. The number of rotatable bonds is 11. The molecule has 1 heterocycles. The Morgan fingerprint density at radius 3 is 2.88 bits per heavy atom. The van der Waals surface area contributed by atoms with Gasteiger partial charge in [0.15, 0.2) is 0 Å². The van der Waals surface area contributed by atoms with Crippen LogP contribution in [0.25, 0.3) is 0 Å². The zero-order valence-corrected chi connectivity index (χ0v) is 18.0. The van der Waals surface area contributed by atoms with Gasteiger partial charge in [-0.1, -0.05) is 12.1 Å². The number of aliphatic hydroxyl groups is 1. The highest BCUT2D eigenvalue weighted by Gasteiger charge is 2.29. The van der Waals surface area contributed by atoms with Gasteiger partial charge in [-0.3, -0.25) is 41.2 Å². The number of nitrogens with two attached hydrogens (primary N) is 1. The number of hydrogen-bond acceptors (Lipinski definition) is 8. The van der Waals surface area contributed by atoms with E-state index in [-0.39, 0.29) is 18.3 Å². The summed E-state index contributed by atoms with van der Waals surface area (Å²) in [6.07, 6.45) is 6.69. The molecule has 1 atom stereocenters. The molecule has 11 nitrogen and oxygen atoms in total. The monoisotopic (exact) mass is 442 g/mol. The molecule has 11 heteroatoms. The van der Waals surface area contributed by atoms with Gasteiger partial charge >= 0.3 is 0 Å². The maximum absolute atomic E-state index is 12.9. The van der Waals surface area contributed by atoms with Crippen molar-refractivity contribution in [1.82, 2.24) is 15.8 Å². The number of anilines is 1. The molecule has 1 unspecified atom stereocenters. The van der Waals surface area contributed by atoms with Crippen LogP contribution in [0.3, 0.4) is 0 Å². The van der Waals surface area contributed by atoms with Crippen LogP contribution in [-0.4, -0.2) is 66.5 Å². The zero-order chi connectivity index (χ0) is 23.5. The Kier molecular flexibility index (Phi) is 9.67. The average Bonchev–Trinajstić information content (AvgIpc) is 2.80. The maximum Gasteiger partial charge on any atom is 0.254 e. The van der Waals surface area contributed by atoms with Gasteiger partial charge in [0, 0.05) is 37.6 Å². The van der Waals surface area contributed by atoms with E-state index in [1.54, 1.807) is 18.2 Å². The van der Waals surface area contributed by atoms with Crippen LogP contribution < -0.4 is 21.7 Å². The number of hydrazine groups is 2. The van der Waals surface area contributed by atoms with Crippen molar-refractivity contribution < 1.29 is 14.7 Å². The summed E-state index contributed by atoms with van der Waals surface area (Å²) in [5.41, 5.74) is 3.71. The summed E-state index contributed by atoms with van der Waals surface area (Å²) in [6.45, 7) is 0.416. The molecule has 32 heavy (non-hydrogen) atoms. The molecule has 7 N–H and O–H groups in total. The molecule has 0 aliphatic carbocycles. The van der Waals surface area contributed by atoms with Gasteiger partial charge in [0.05, 0.1) is 5.69 Å². The van der Waals surface area contributed by atoms with Crippen molar-refractivity contribution >= 4 is 35.9 Å². The number of amides is 2. The van der Waals surface area contributed by atoms with Crippen LogP contribution in [0.5, 0.6) is 0 Å². The summed E-state index contributed by atoms with van der Waals surface area (Å²) >= 11 is 0. The van der Waals surface area contributed by atoms with Gasteiger partial charge in [-0.15, -0.1) is 0 Å². The van der Waals surface area contributed by atoms with Crippen LogP contribution >= 0.6 is 0 Å². The van der Waals surface area contributed by atoms with Crippen molar-refractivity contribution in [3.63, 3.8) is 0 Å². The summed E-state index contributed by atoms with van der Waals surface area (Å²) in [6, 6.07) is 5.55. The molecule has 0 fully saturated rings. The third-order valence-electron chi connectivity index (χ3n) is 4.94. The van der Waals surface area contributed by atoms with Gasteiger partial charge in [0.25, 0.3) is 11.8 Å². The molecular formula is C21H30N8O3. The van der Waals surface area contributed by atoms with Gasteiger partial charge in [0.1, 0.15) is 18.2 Å². The highest BCUT2D eigenvalue weighted by atomic mass is 16.3. The molecule has 1 aliphatic rings. The lowest BCUT2D eigenvalue weighted by Crippen LogP contribution is -2.52. The number of aliphatic hydroxyl groups excluding tert-OH is 1. The molecule has 1 aromatic carbocycles. The summed E-state index contributed by atoms with van der Waals surface area (Å²) < 4.78 is 0. The Bertz CT molecular complexity index is 899. The fraction of sp³-hybridized carbons (Fsp3) is 0.381. The molecule has 0 radical (unpaired) electrons. The summed E-state index contributed by atoms with van der Waals surface area (Å²) in [4.78, 5) is 31.0. The molecule has 1 aromatic rings. The second kappa shape index (κ2) is 12.4. The second-order valence-electron chi connectivity index (χ2n) is 7.08. The average molecular weight is 443 g/mol. The first-order chi connectivity index (χ1) is 15.5. The van der Waals surface area contributed by atoms with Crippen LogP contribution in [0.1, 0.15) is 36.0 Å². The predicted octanol–water partition coefficient (Wildman–Crippen LogP) is 0.576. The summed E-state index contributed by atoms with van der Waals surface area (Å²) in [5.74, 6) is 4.57. The number of carbonyl (C=O) groups excluding carboxylic acids is 2. The first kappa shape index (κ1) is 24.9. The second-order valence-corrected chi connectivity index (χ2v) is 7.08. The number of hydrogen-bond donors (Lipinski definition) is 6. The van der Waals surface area contributed by atoms with Crippen molar-refractivity contribution in [1.29, 1.82) is 10.8 Å². The van der Waals surface area contributed by atoms with E-state index < -0.39 is 11.9 Å². The van der Waals surface area contributed by atoms with Gasteiger partial charge < -0.3 is 10.4 Å². The minimum absolute atomic E-state index is 0.0670. The lowest BCUT2D eigenvalue weighted by atomic mass is 10.0. The molecule has 0 spiro atoms. The number of nitrogens with zero attached hydrogens (tertiary/aromatic N) is 3. The predicted molar refractivity (Wildman–Crippen MR) is 124 cm³/mol. The van der Waals surface area contributed by atoms with E-state index in [1.165, 1.54) is 29.2 Å². The van der Waals surface area contributed by atoms with Crippen molar-refractivity contribution in [2.24, 2.45) is 10.8 Å². The molecule has 0 saturated carbocycles. The third kappa shape index (κ3) is 6.30. The molecule has 0 bridgehead atoms. The van der Waals surface area contributed by atoms with Gasteiger partial charge in [-0.2, -0.15) is 5.53 Å². The quantitative estimate of drug-likeness (QED) is 0.0962. The van der Waals surface area contributed by atoms with Crippen LogP contribution in [0.2, 0.25) is 0 Å². The number of amidine groups is 1. The fourth-order valence-electron chi connectivity index (χ4n) is 3.30. The summed E-state index contributed by atoms with van der Waals surface area (Å²) in [7, 11) is 1.53. The highest BCUT2D eigenvalue weighted by molar-refractivity contribution is 6.13. The lowest BCUT2D eigenvalue weighted by molar-refractivity contribution is -0.124. The van der Waals surface area contributed by atoms with Crippen molar-refractivity contribution in [3.05, 3.63) is 41.5 Å². The van der Waals surface area contributed by atoms with E-state index in [0.717, 1.165) is 6.34 Å². The first-order valence-corrected chi connectivity index (χ1v) is 10.3. The minimum Gasteiger partial charge on any atom is -0.396 e. The van der Waals surface area contributed by atoms with Gasteiger partial charge in [0.2, 0.25) is 0 Å². The lowest BCUT2D eigenvalue weighted by Gasteiger charge is -2.30. The van der Waals surface area contributed by atoms with E-state index in [1.807, 2.05) is 6.08 Å². The van der Waals surface area contributed by atoms with Crippen molar-refractivity contribution in [2.45, 2.75) is 31.7 Å². The Labute approximate surface area is 186 Å². The van der Waals surface area contributed by atoms with Crippen molar-refractivity contribution in [2.75, 3.05) is 25.2 Å². The fourth-order valence-corrected chi connectivity index (χ4v) is 3.30. The van der Waals surface area contributed by atoms with E-state index in [9.17, 15) is 9.59 Å². The standard InChI is InChI=1S/C21H30N8O3/c1-25-13-18(19(23)28-10-5-8-15(21(28)32)6-2-3-11-30)26-20(31)16-7-4-9-17(12-16)29(14-22)27-24/h4,7-9,12-14,18,22-23,27,30H,2-3,5-6,10-11,24H2,1H3,(H,26,31). The normalized spacial score (nSPS) is 14.8. The number of aliphatic imine (C=N–C) groups is 1. The number of nitrogens with one attached hydrogen (secondary N) is 4. The molecular weight excluding hydrogens is 412 g/mol. The SMILES string of the molecule is CN=CC(NC(=O)c1cccc(N(C=N)NN)c1)C(=N)N1CCC=C(CCCCO)C1=O. The van der Waals surface area contributed by atoms with Crippen LogP contribution in [0.4, 0.5) is 5.69 Å². The number of unbranched alkanes of at least 4 members (excludes halogenated alkanes) is 1. The molecule has 1 aliphatic heterocycles. The largest absolute Gasteiger partial charge is 0.396 e. The smallest absolute Gasteiger partial charge is 0.254 e. The van der Waals surface area contributed by atoms with E-state index in [4.69, 9.17) is 21.8 Å².